The first-order chi connectivity index (χ1) is 22.4. The number of urea groups is 1. The Balaban J connectivity index is 2.00. The first-order valence-corrected chi connectivity index (χ1v) is 15.1. The lowest BCUT2D eigenvalue weighted by molar-refractivity contribution is -0.134. The van der Waals surface area contributed by atoms with E-state index in [1.165, 1.54) is 19.0 Å². The van der Waals surface area contributed by atoms with E-state index >= 15 is 0 Å². The van der Waals surface area contributed by atoms with Crippen molar-refractivity contribution in [1.82, 2.24) is 26.3 Å². The summed E-state index contributed by atoms with van der Waals surface area (Å²) in [5.41, 5.74) is 6.21. The molecule has 0 fully saturated rings. The maximum absolute atomic E-state index is 13.4. The van der Waals surface area contributed by atoms with Gasteiger partial charge in [0.1, 0.15) is 37.6 Å². The Morgan fingerprint density at radius 3 is 2.40 bits per heavy atom. The largest absolute Gasteiger partial charge is 0.508 e. The van der Waals surface area contributed by atoms with Crippen molar-refractivity contribution in [1.29, 1.82) is 0 Å². The Hall–Kier alpha value is -4.84. The zero-order valence-electron chi connectivity index (χ0n) is 27.1. The van der Waals surface area contributed by atoms with Gasteiger partial charge in [-0.2, -0.15) is 5.11 Å². The van der Waals surface area contributed by atoms with Gasteiger partial charge in [-0.3, -0.25) is 24.5 Å². The van der Waals surface area contributed by atoms with Crippen molar-refractivity contribution < 1.29 is 43.0 Å². The fourth-order valence-electron chi connectivity index (χ4n) is 4.17. The van der Waals surface area contributed by atoms with E-state index < -0.39 is 48.2 Å². The summed E-state index contributed by atoms with van der Waals surface area (Å²) in [7, 11) is 1.20. The zero-order valence-corrected chi connectivity index (χ0v) is 27.1. The first kappa shape index (κ1) is 38.3. The highest BCUT2D eigenvalue weighted by Gasteiger charge is 2.31. The van der Waals surface area contributed by atoms with Gasteiger partial charge in [0.05, 0.1) is 13.8 Å². The van der Waals surface area contributed by atoms with E-state index in [0.717, 1.165) is 0 Å². The van der Waals surface area contributed by atoms with E-state index in [9.17, 15) is 28.8 Å². The molecule has 0 saturated carbocycles. The molecule has 1 heterocycles. The Labute approximate surface area is 272 Å². The Morgan fingerprint density at radius 1 is 1.04 bits per heavy atom. The number of primary amides is 1. The highest BCUT2D eigenvalue weighted by atomic mass is 16.7. The van der Waals surface area contributed by atoms with Crippen molar-refractivity contribution in [2.24, 2.45) is 22.0 Å². The second kappa shape index (κ2) is 20.3. The summed E-state index contributed by atoms with van der Waals surface area (Å²) in [6, 6.07) is 3.76. The number of rotatable bonds is 20. The molecule has 2 rings (SSSR count). The minimum atomic E-state index is -1.03. The molecule has 260 valence electrons. The molecular weight excluding hydrogens is 618 g/mol. The lowest BCUT2D eigenvalue weighted by atomic mass is 10.0. The summed E-state index contributed by atoms with van der Waals surface area (Å²) in [5, 5.41) is 22.8. The molecule has 1 aliphatic heterocycles. The van der Waals surface area contributed by atoms with Gasteiger partial charge in [0.25, 0.3) is 0 Å². The minimum absolute atomic E-state index is 0.0253. The van der Waals surface area contributed by atoms with Crippen molar-refractivity contribution in [3.8, 4) is 0 Å². The first-order valence-electron chi connectivity index (χ1n) is 15.1. The van der Waals surface area contributed by atoms with Crippen LogP contribution < -0.4 is 32.3 Å². The Kier molecular flexibility index (Phi) is 16.6. The molecule has 1 unspecified atom stereocenters. The van der Waals surface area contributed by atoms with Gasteiger partial charge in [0, 0.05) is 25.2 Å². The van der Waals surface area contributed by atoms with Crippen LogP contribution in [-0.2, 0) is 40.0 Å². The molecule has 0 spiro atoms. The van der Waals surface area contributed by atoms with Crippen LogP contribution in [0, 0.1) is 5.92 Å². The average molecular weight is 664 g/mol. The summed E-state index contributed by atoms with van der Waals surface area (Å²) in [6.07, 6.45) is -0.602. The van der Waals surface area contributed by atoms with E-state index in [0.29, 0.717) is 30.6 Å². The molecule has 0 radical (unpaired) electrons. The number of nitrogens with one attached hydrogen (secondary N) is 5. The number of Topliss-reactive ketones (excluding diaryl/α,β-unsaturated/α-hetero) is 1. The third kappa shape index (κ3) is 14.9. The minimum Gasteiger partial charge on any atom is -0.438 e. The molecule has 3 atom stereocenters. The summed E-state index contributed by atoms with van der Waals surface area (Å²) < 4.78 is 15.0. The molecule has 5 amide bonds. The van der Waals surface area contributed by atoms with Crippen LogP contribution in [0.4, 0.5) is 15.3 Å². The van der Waals surface area contributed by atoms with Gasteiger partial charge in [0.15, 0.2) is 6.23 Å². The number of carbonyl (C=O) groups is 6. The van der Waals surface area contributed by atoms with E-state index in [1.54, 1.807) is 38.1 Å². The van der Waals surface area contributed by atoms with Crippen LogP contribution in [0.1, 0.15) is 45.6 Å². The third-order valence-corrected chi connectivity index (χ3v) is 6.70. The van der Waals surface area contributed by atoms with Gasteiger partial charge in [-0.05, 0) is 43.4 Å². The molecule has 7 N–H and O–H groups in total. The van der Waals surface area contributed by atoms with Gasteiger partial charge < -0.3 is 41.2 Å². The number of hydrogen-bond acceptors (Lipinski definition) is 13. The number of amides is 5. The molecule has 0 aromatic heterocycles. The predicted octanol–water partition coefficient (Wildman–Crippen LogP) is 0.534. The molecule has 0 saturated heterocycles. The van der Waals surface area contributed by atoms with Gasteiger partial charge in [-0.1, -0.05) is 31.2 Å². The number of ketones is 1. The predicted molar refractivity (Wildman–Crippen MR) is 167 cm³/mol. The SMILES string of the molecule is COC(=O)OCc1ccc(NC(=O)[C@H](CCCNC(N)=O)NC(=O)[C@@H](NC(=O)CN2N=NCC2OCNCCC(C)=O)C(C)C)cc1. The van der Waals surface area contributed by atoms with E-state index in [2.05, 4.69) is 41.7 Å². The van der Waals surface area contributed by atoms with Crippen LogP contribution >= 0.6 is 0 Å². The fraction of sp³-hybridized carbons (Fsp3) is 0.586. The van der Waals surface area contributed by atoms with Gasteiger partial charge in [-0.25, -0.2) is 14.6 Å². The molecule has 0 bridgehead atoms. The van der Waals surface area contributed by atoms with Crippen LogP contribution in [0.25, 0.3) is 0 Å². The van der Waals surface area contributed by atoms with Crippen LogP contribution in [-0.4, -0.2) is 99.0 Å². The maximum Gasteiger partial charge on any atom is 0.508 e. The smallest absolute Gasteiger partial charge is 0.438 e. The second-order valence-electron chi connectivity index (χ2n) is 10.9. The lowest BCUT2D eigenvalue weighted by Crippen LogP contribution is -2.56. The van der Waals surface area contributed by atoms with Crippen molar-refractivity contribution >= 4 is 41.4 Å². The Bertz CT molecular complexity index is 1240. The summed E-state index contributed by atoms with van der Waals surface area (Å²) >= 11 is 0. The molecule has 0 aliphatic carbocycles. The number of anilines is 1. The van der Waals surface area contributed by atoms with Crippen LogP contribution in [0.15, 0.2) is 34.6 Å². The number of carbonyl (C=O) groups excluding carboxylic acids is 6. The zero-order chi connectivity index (χ0) is 34.8. The van der Waals surface area contributed by atoms with E-state index in [4.69, 9.17) is 15.2 Å². The molecule has 47 heavy (non-hydrogen) atoms. The summed E-state index contributed by atoms with van der Waals surface area (Å²) in [4.78, 5) is 73.0. The molecule has 1 aromatic carbocycles. The number of nitrogens with zero attached hydrogens (tertiary/aromatic N) is 3. The standard InChI is InChI=1S/C29H45N9O9/c1-18(2)25(36-23(40)15-38-24(14-33-37-38)47-17-31-13-11-19(3)39)27(42)35-22(6-5-12-32-28(30)43)26(41)34-21-9-7-20(8-10-21)16-46-29(44)45-4/h7-10,18,22,24-25,31H,5-6,11-17H2,1-4H3,(H,34,41)(H,35,42)(H,36,40)(H3,30,32,43)/t22-,24?,25-/m0/s1. The number of ether oxygens (including phenoxy) is 3. The van der Waals surface area contributed by atoms with Gasteiger partial charge in [-0.15, -0.1) is 0 Å². The number of methoxy groups -OCH3 is 1. The van der Waals surface area contributed by atoms with Gasteiger partial charge in [0.2, 0.25) is 17.7 Å². The van der Waals surface area contributed by atoms with Crippen LogP contribution in [0.5, 0.6) is 0 Å². The highest BCUT2D eigenvalue weighted by molar-refractivity contribution is 5.98. The third-order valence-electron chi connectivity index (χ3n) is 6.70. The number of nitrogens with two attached hydrogens (primary N) is 1. The summed E-state index contributed by atoms with van der Waals surface area (Å²) in [5.74, 6) is -1.93. The van der Waals surface area contributed by atoms with Crippen molar-refractivity contribution in [2.45, 2.75) is 65.0 Å². The second-order valence-corrected chi connectivity index (χ2v) is 10.9. The van der Waals surface area contributed by atoms with Crippen molar-refractivity contribution in [3.63, 3.8) is 0 Å². The van der Waals surface area contributed by atoms with Gasteiger partial charge >= 0.3 is 12.2 Å². The molecule has 18 heteroatoms. The normalized spacial score (nSPS) is 15.0. The van der Waals surface area contributed by atoms with Crippen molar-refractivity contribution in [2.75, 3.05) is 45.3 Å². The topological polar surface area (TPSA) is 244 Å². The quantitative estimate of drug-likeness (QED) is 0.0638. The van der Waals surface area contributed by atoms with E-state index in [1.807, 2.05) is 0 Å². The highest BCUT2D eigenvalue weighted by Crippen LogP contribution is 2.14. The lowest BCUT2D eigenvalue weighted by Gasteiger charge is -2.27. The molecule has 1 aromatic rings. The molecular formula is C29H45N9O9. The number of benzene rings is 1. The molecule has 18 nitrogen and oxygen atoms in total. The average Bonchev–Trinajstić information content (AvgIpc) is 3.46. The maximum atomic E-state index is 13.4. The Morgan fingerprint density at radius 2 is 1.77 bits per heavy atom. The van der Waals surface area contributed by atoms with Crippen molar-refractivity contribution in [3.05, 3.63) is 29.8 Å². The van der Waals surface area contributed by atoms with Crippen LogP contribution in [0.2, 0.25) is 0 Å². The monoisotopic (exact) mass is 663 g/mol. The van der Waals surface area contributed by atoms with E-state index in [-0.39, 0.29) is 51.1 Å². The fourth-order valence-corrected chi connectivity index (χ4v) is 4.17. The number of hydrogen-bond donors (Lipinski definition) is 6. The van der Waals surface area contributed by atoms with Crippen LogP contribution in [0.3, 0.4) is 0 Å². The summed E-state index contributed by atoms with van der Waals surface area (Å²) in [6.45, 7) is 5.69. The molecule has 1 aliphatic rings.